The fraction of sp³-hybridized carbons (Fsp3) is 0.529. The molecular formula is C17H24N4O2S3. The van der Waals surface area contributed by atoms with Gasteiger partial charge in [0, 0.05) is 13.1 Å². The Balaban J connectivity index is 1.54. The van der Waals surface area contributed by atoms with E-state index in [0.717, 1.165) is 47.4 Å². The third-order valence-corrected chi connectivity index (χ3v) is 7.80. The first-order valence-corrected chi connectivity index (χ1v) is 12.1. The molecule has 0 spiro atoms. The summed E-state index contributed by atoms with van der Waals surface area (Å²) >= 11 is 3.24. The van der Waals surface area contributed by atoms with E-state index in [9.17, 15) is 8.42 Å². The average Bonchev–Trinajstić information content (AvgIpc) is 3.08. The van der Waals surface area contributed by atoms with Crippen LogP contribution in [0.4, 0.5) is 0 Å². The van der Waals surface area contributed by atoms with Gasteiger partial charge in [0.25, 0.3) is 0 Å². The Kier molecular flexibility index (Phi) is 6.68. The molecule has 6 nitrogen and oxygen atoms in total. The van der Waals surface area contributed by atoms with Crippen molar-refractivity contribution in [3.05, 3.63) is 34.8 Å². The van der Waals surface area contributed by atoms with Crippen molar-refractivity contribution >= 4 is 33.1 Å². The number of aryl methyl sites for hydroxylation is 1. The standard InChI is InChI=1S/C17H24N4O2S3/c1-13-5-7-15(8-6-13)26(22,23)18-10-14-4-3-9-21(11-14)12-16-19-20-17(24-2)25-16/h5-8,14,18H,3-4,9-12H2,1-2H3. The molecule has 1 saturated heterocycles. The Morgan fingerprint density at radius 3 is 2.77 bits per heavy atom. The van der Waals surface area contributed by atoms with Crippen LogP contribution in [0.2, 0.25) is 0 Å². The number of nitrogens with zero attached hydrogens (tertiary/aromatic N) is 3. The minimum Gasteiger partial charge on any atom is -0.296 e. The highest BCUT2D eigenvalue weighted by molar-refractivity contribution is 8.00. The lowest BCUT2D eigenvalue weighted by Gasteiger charge is -2.32. The smallest absolute Gasteiger partial charge is 0.240 e. The number of hydrogen-bond donors (Lipinski definition) is 1. The second-order valence-electron chi connectivity index (χ2n) is 6.57. The van der Waals surface area contributed by atoms with Crippen LogP contribution < -0.4 is 4.72 Å². The van der Waals surface area contributed by atoms with Crippen molar-refractivity contribution in [2.45, 2.75) is 35.5 Å². The number of thioether (sulfide) groups is 1. The summed E-state index contributed by atoms with van der Waals surface area (Å²) < 4.78 is 28.7. The molecule has 1 fully saturated rings. The van der Waals surface area contributed by atoms with Crippen LogP contribution in [0.5, 0.6) is 0 Å². The van der Waals surface area contributed by atoms with Gasteiger partial charge >= 0.3 is 0 Å². The average molecular weight is 413 g/mol. The van der Waals surface area contributed by atoms with E-state index in [4.69, 9.17) is 0 Å². The molecule has 9 heteroatoms. The van der Waals surface area contributed by atoms with Gasteiger partial charge in [-0.3, -0.25) is 4.90 Å². The molecule has 0 saturated carbocycles. The van der Waals surface area contributed by atoms with E-state index >= 15 is 0 Å². The monoisotopic (exact) mass is 412 g/mol. The SMILES string of the molecule is CSc1nnc(CN2CCCC(CNS(=O)(=O)c3ccc(C)cc3)C2)s1. The Bertz CT molecular complexity index is 821. The van der Waals surface area contributed by atoms with Crippen molar-refractivity contribution in [1.82, 2.24) is 19.8 Å². The predicted octanol–water partition coefficient (Wildman–Crippen LogP) is 2.76. The predicted molar refractivity (Wildman–Crippen MR) is 106 cm³/mol. The van der Waals surface area contributed by atoms with Gasteiger partial charge in [0.2, 0.25) is 10.0 Å². The van der Waals surface area contributed by atoms with Crippen LogP contribution >= 0.6 is 23.1 Å². The first-order chi connectivity index (χ1) is 12.5. The van der Waals surface area contributed by atoms with Gasteiger partial charge < -0.3 is 0 Å². The molecule has 1 unspecified atom stereocenters. The molecule has 3 rings (SSSR count). The topological polar surface area (TPSA) is 75.2 Å². The van der Waals surface area contributed by atoms with Crippen molar-refractivity contribution in [3.8, 4) is 0 Å². The Morgan fingerprint density at radius 2 is 2.08 bits per heavy atom. The highest BCUT2D eigenvalue weighted by Crippen LogP contribution is 2.23. The number of rotatable bonds is 7. The molecule has 2 aromatic rings. The van der Waals surface area contributed by atoms with Gasteiger partial charge in [-0.25, -0.2) is 13.1 Å². The molecule has 0 aliphatic carbocycles. The zero-order chi connectivity index (χ0) is 18.6. The Hall–Kier alpha value is -1.00. The molecule has 0 amide bonds. The lowest BCUT2D eigenvalue weighted by Crippen LogP contribution is -2.40. The van der Waals surface area contributed by atoms with Gasteiger partial charge in [0.1, 0.15) is 5.01 Å². The van der Waals surface area contributed by atoms with E-state index in [1.807, 2.05) is 25.3 Å². The van der Waals surface area contributed by atoms with Crippen LogP contribution in [0.25, 0.3) is 0 Å². The number of benzene rings is 1. The van der Waals surface area contributed by atoms with Gasteiger partial charge in [0.15, 0.2) is 4.34 Å². The molecule has 2 heterocycles. The van der Waals surface area contributed by atoms with Gasteiger partial charge in [-0.15, -0.1) is 10.2 Å². The highest BCUT2D eigenvalue weighted by Gasteiger charge is 2.23. The fourth-order valence-electron chi connectivity index (χ4n) is 3.07. The summed E-state index contributed by atoms with van der Waals surface area (Å²) in [6, 6.07) is 6.96. The molecule has 1 atom stereocenters. The van der Waals surface area contributed by atoms with Gasteiger partial charge in [0.05, 0.1) is 11.4 Å². The molecule has 0 bridgehead atoms. The van der Waals surface area contributed by atoms with E-state index in [1.54, 1.807) is 35.2 Å². The van der Waals surface area contributed by atoms with Crippen molar-refractivity contribution in [3.63, 3.8) is 0 Å². The first-order valence-electron chi connectivity index (χ1n) is 8.61. The molecule has 1 N–H and O–H groups in total. The van der Waals surface area contributed by atoms with E-state index in [-0.39, 0.29) is 0 Å². The van der Waals surface area contributed by atoms with Crippen molar-refractivity contribution in [2.24, 2.45) is 5.92 Å². The van der Waals surface area contributed by atoms with Crippen LogP contribution in [0.3, 0.4) is 0 Å². The minimum absolute atomic E-state index is 0.317. The third-order valence-electron chi connectivity index (χ3n) is 4.48. The second kappa shape index (κ2) is 8.79. The summed E-state index contributed by atoms with van der Waals surface area (Å²) in [6.07, 6.45) is 4.12. The maximum absolute atomic E-state index is 12.5. The summed E-state index contributed by atoms with van der Waals surface area (Å²) in [5, 5.41) is 9.40. The van der Waals surface area contributed by atoms with E-state index in [1.165, 1.54) is 0 Å². The molecule has 0 radical (unpaired) electrons. The molecular weight excluding hydrogens is 388 g/mol. The summed E-state index contributed by atoms with van der Waals surface area (Å²) in [5.74, 6) is 0.317. The van der Waals surface area contributed by atoms with Gasteiger partial charge in [-0.2, -0.15) is 0 Å². The highest BCUT2D eigenvalue weighted by atomic mass is 32.2. The van der Waals surface area contributed by atoms with Crippen molar-refractivity contribution < 1.29 is 8.42 Å². The van der Waals surface area contributed by atoms with Crippen LogP contribution in [-0.4, -0.2) is 49.4 Å². The zero-order valence-electron chi connectivity index (χ0n) is 15.0. The van der Waals surface area contributed by atoms with Crippen LogP contribution in [0.15, 0.2) is 33.5 Å². The molecule has 26 heavy (non-hydrogen) atoms. The maximum Gasteiger partial charge on any atom is 0.240 e. The van der Waals surface area contributed by atoms with Crippen LogP contribution in [0, 0.1) is 12.8 Å². The van der Waals surface area contributed by atoms with E-state index < -0.39 is 10.0 Å². The number of aromatic nitrogens is 2. The molecule has 1 aromatic carbocycles. The molecule has 1 aliphatic rings. The van der Waals surface area contributed by atoms with E-state index in [2.05, 4.69) is 19.8 Å². The Labute approximate surface area is 163 Å². The van der Waals surface area contributed by atoms with Crippen molar-refractivity contribution in [1.29, 1.82) is 0 Å². The van der Waals surface area contributed by atoms with Crippen molar-refractivity contribution in [2.75, 3.05) is 25.9 Å². The third kappa shape index (κ3) is 5.26. The lowest BCUT2D eigenvalue weighted by atomic mass is 9.98. The number of piperidine rings is 1. The summed E-state index contributed by atoms with van der Waals surface area (Å²) in [7, 11) is -3.44. The first kappa shape index (κ1) is 19.8. The number of hydrogen-bond acceptors (Lipinski definition) is 7. The van der Waals surface area contributed by atoms with Gasteiger partial charge in [-0.05, 0) is 50.6 Å². The fourth-order valence-corrected chi connectivity index (χ4v) is 5.54. The normalized spacial score (nSPS) is 18.9. The lowest BCUT2D eigenvalue weighted by molar-refractivity contribution is 0.168. The minimum atomic E-state index is -3.44. The maximum atomic E-state index is 12.5. The largest absolute Gasteiger partial charge is 0.296 e. The molecule has 142 valence electrons. The number of sulfonamides is 1. The summed E-state index contributed by atoms with van der Waals surface area (Å²) in [6.45, 7) is 5.11. The quantitative estimate of drug-likeness (QED) is 0.705. The molecule has 1 aliphatic heterocycles. The van der Waals surface area contributed by atoms with Crippen LogP contribution in [-0.2, 0) is 16.6 Å². The van der Waals surface area contributed by atoms with E-state index in [0.29, 0.717) is 17.4 Å². The zero-order valence-corrected chi connectivity index (χ0v) is 17.5. The second-order valence-corrected chi connectivity index (χ2v) is 10.5. The Morgan fingerprint density at radius 1 is 1.31 bits per heavy atom. The number of nitrogens with one attached hydrogen (secondary N) is 1. The van der Waals surface area contributed by atoms with Gasteiger partial charge in [-0.1, -0.05) is 40.8 Å². The molecule has 1 aromatic heterocycles. The summed E-state index contributed by atoms with van der Waals surface area (Å²) in [4.78, 5) is 2.67. The number of likely N-dealkylation sites (tertiary alicyclic amines) is 1. The van der Waals surface area contributed by atoms with Crippen LogP contribution in [0.1, 0.15) is 23.4 Å². The summed E-state index contributed by atoms with van der Waals surface area (Å²) in [5.41, 5.74) is 1.05.